The van der Waals surface area contributed by atoms with Gasteiger partial charge in [-0.3, -0.25) is 4.79 Å². The number of hydrogen-bond acceptors (Lipinski definition) is 6. The Hall–Kier alpha value is -2.71. The van der Waals surface area contributed by atoms with Gasteiger partial charge in [0.1, 0.15) is 17.3 Å². The Morgan fingerprint density at radius 2 is 1.88 bits per heavy atom. The smallest absolute Gasteiger partial charge is 0.286 e. The zero-order valence-corrected chi connectivity index (χ0v) is 14.2. The minimum atomic E-state index is -0.430. The molecule has 0 saturated carbocycles. The number of thioether (sulfide) groups is 1. The molecule has 2 aromatic carbocycles. The molecular weight excluding hydrogens is 363 g/mol. The molecule has 1 heterocycles. The number of hydrogen-bond donors (Lipinski definition) is 2. The summed E-state index contributed by atoms with van der Waals surface area (Å²) in [4.78, 5) is 12.7. The van der Waals surface area contributed by atoms with Crippen molar-refractivity contribution in [3.63, 3.8) is 0 Å². The first-order valence-electron chi connectivity index (χ1n) is 7.03. The Bertz CT molecular complexity index is 911. The van der Waals surface area contributed by atoms with Gasteiger partial charge in [-0.25, -0.2) is 4.39 Å². The van der Waals surface area contributed by atoms with Gasteiger partial charge in [0.25, 0.3) is 5.91 Å². The van der Waals surface area contributed by atoms with Crippen LogP contribution in [0.15, 0.2) is 52.5 Å². The molecule has 1 aliphatic heterocycles. The maximum atomic E-state index is 12.9. The normalized spacial score (nSPS) is 16.4. The highest BCUT2D eigenvalue weighted by atomic mass is 32.2. The van der Waals surface area contributed by atoms with Gasteiger partial charge in [-0.15, -0.1) is 0 Å². The number of rotatable bonds is 3. The number of carbonyl (C=O) groups excluding carboxylic acids is 1. The number of aromatic hydroxyl groups is 2. The summed E-state index contributed by atoms with van der Waals surface area (Å²) in [6, 6.07) is 9.71. The molecule has 0 spiro atoms. The number of thiocarbonyl (C=S) groups is 1. The Morgan fingerprint density at radius 1 is 1.16 bits per heavy atom. The van der Waals surface area contributed by atoms with E-state index >= 15 is 0 Å². The van der Waals surface area contributed by atoms with Gasteiger partial charge in [0.2, 0.25) is 0 Å². The predicted molar refractivity (Wildman–Crippen MR) is 98.8 cm³/mol. The van der Waals surface area contributed by atoms with E-state index in [0.717, 1.165) is 16.8 Å². The first-order valence-corrected chi connectivity index (χ1v) is 8.26. The molecule has 0 aromatic heterocycles. The van der Waals surface area contributed by atoms with Crippen LogP contribution in [0.2, 0.25) is 0 Å². The van der Waals surface area contributed by atoms with Crippen LogP contribution in [0.1, 0.15) is 11.1 Å². The second kappa shape index (κ2) is 7.04. The Kier molecular flexibility index (Phi) is 4.82. The highest BCUT2D eigenvalue weighted by molar-refractivity contribution is 8.26. The fourth-order valence-electron chi connectivity index (χ4n) is 2.03. The molecule has 1 fully saturated rings. The molecular formula is C17H11FN2O3S2. The number of halogens is 1. The van der Waals surface area contributed by atoms with Crippen LogP contribution < -0.4 is 0 Å². The van der Waals surface area contributed by atoms with Crippen molar-refractivity contribution in [2.75, 3.05) is 0 Å². The summed E-state index contributed by atoms with van der Waals surface area (Å²) in [7, 11) is 0. The average Bonchev–Trinajstić information content (AvgIpc) is 2.83. The number of phenolic OH excluding ortho intramolecular Hbond substituents is 2. The third-order valence-corrected chi connectivity index (χ3v) is 4.55. The van der Waals surface area contributed by atoms with Crippen molar-refractivity contribution < 1.29 is 19.4 Å². The van der Waals surface area contributed by atoms with E-state index in [2.05, 4.69) is 5.10 Å². The largest absolute Gasteiger partial charge is 0.508 e. The van der Waals surface area contributed by atoms with E-state index in [0.29, 0.717) is 16.0 Å². The van der Waals surface area contributed by atoms with Gasteiger partial charge < -0.3 is 10.2 Å². The minimum absolute atomic E-state index is 0.0777. The summed E-state index contributed by atoms with van der Waals surface area (Å²) in [5.74, 6) is -1.02. The number of hydrazone groups is 1. The molecule has 8 heteroatoms. The zero-order valence-electron chi connectivity index (χ0n) is 12.6. The van der Waals surface area contributed by atoms with E-state index in [1.165, 1.54) is 54.8 Å². The van der Waals surface area contributed by atoms with Crippen LogP contribution in [0.3, 0.4) is 0 Å². The summed E-state index contributed by atoms with van der Waals surface area (Å²) in [5, 5.41) is 24.2. The third kappa shape index (κ3) is 3.86. The minimum Gasteiger partial charge on any atom is -0.508 e. The fraction of sp³-hybridized carbons (Fsp3) is 0. The molecule has 5 nitrogen and oxygen atoms in total. The first kappa shape index (κ1) is 17.1. The van der Waals surface area contributed by atoms with Crippen LogP contribution in [-0.2, 0) is 4.79 Å². The van der Waals surface area contributed by atoms with Crippen molar-refractivity contribution >= 4 is 46.5 Å². The Balaban J connectivity index is 1.82. The van der Waals surface area contributed by atoms with Crippen LogP contribution in [0.4, 0.5) is 4.39 Å². The second-order valence-corrected chi connectivity index (χ2v) is 6.71. The van der Waals surface area contributed by atoms with Gasteiger partial charge in [-0.05, 0) is 48.1 Å². The molecule has 0 bridgehead atoms. The fourth-order valence-corrected chi connectivity index (χ4v) is 3.19. The Morgan fingerprint density at radius 3 is 2.56 bits per heavy atom. The number of benzene rings is 2. The van der Waals surface area contributed by atoms with Crippen LogP contribution >= 0.6 is 24.0 Å². The SMILES string of the molecule is O=C1/C(=C\c2ccc(O)cc2O)SC(=S)N1/N=C/c1ccc(F)cc1. The standard InChI is InChI=1S/C17H11FN2O3S2/c18-12-4-1-10(2-5-12)9-19-20-16(23)15(25-17(20)24)7-11-3-6-13(21)8-14(11)22/h1-9,21-22H/b15-7+,19-9+. The van der Waals surface area contributed by atoms with E-state index in [9.17, 15) is 19.4 Å². The maximum absolute atomic E-state index is 12.9. The first-order chi connectivity index (χ1) is 11.9. The van der Waals surface area contributed by atoms with Gasteiger partial charge in [0, 0.05) is 11.6 Å². The molecule has 1 amide bonds. The van der Waals surface area contributed by atoms with Gasteiger partial charge in [-0.1, -0.05) is 23.9 Å². The van der Waals surface area contributed by atoms with Crippen molar-refractivity contribution in [2.45, 2.75) is 0 Å². The molecule has 126 valence electrons. The lowest BCUT2D eigenvalue weighted by molar-refractivity contribution is -0.122. The number of phenols is 2. The van der Waals surface area contributed by atoms with Gasteiger partial charge >= 0.3 is 0 Å². The van der Waals surface area contributed by atoms with Crippen LogP contribution in [-0.4, -0.2) is 31.7 Å². The molecule has 2 aromatic rings. The topological polar surface area (TPSA) is 73.1 Å². The monoisotopic (exact) mass is 374 g/mol. The third-order valence-electron chi connectivity index (χ3n) is 3.27. The molecule has 25 heavy (non-hydrogen) atoms. The van der Waals surface area contributed by atoms with Crippen molar-refractivity contribution in [2.24, 2.45) is 5.10 Å². The van der Waals surface area contributed by atoms with Gasteiger partial charge in [0.15, 0.2) is 4.32 Å². The van der Waals surface area contributed by atoms with E-state index in [4.69, 9.17) is 12.2 Å². The number of amides is 1. The highest BCUT2D eigenvalue weighted by Crippen LogP contribution is 2.34. The van der Waals surface area contributed by atoms with Crippen LogP contribution in [0.5, 0.6) is 11.5 Å². The van der Waals surface area contributed by atoms with Crippen LogP contribution in [0.25, 0.3) is 6.08 Å². The van der Waals surface area contributed by atoms with E-state index in [-0.39, 0.29) is 21.6 Å². The van der Waals surface area contributed by atoms with E-state index in [1.54, 1.807) is 0 Å². The predicted octanol–water partition coefficient (Wildman–Crippen LogP) is 3.47. The van der Waals surface area contributed by atoms with Crippen LogP contribution in [0, 0.1) is 5.82 Å². The van der Waals surface area contributed by atoms with E-state index < -0.39 is 5.91 Å². The lowest BCUT2D eigenvalue weighted by Crippen LogP contribution is -2.22. The quantitative estimate of drug-likeness (QED) is 0.489. The van der Waals surface area contributed by atoms with E-state index in [1.807, 2.05) is 0 Å². The maximum Gasteiger partial charge on any atom is 0.286 e. The number of nitrogens with zero attached hydrogens (tertiary/aromatic N) is 2. The summed E-state index contributed by atoms with van der Waals surface area (Å²) < 4.78 is 13.1. The summed E-state index contributed by atoms with van der Waals surface area (Å²) in [5.41, 5.74) is 0.997. The molecule has 0 aliphatic carbocycles. The lowest BCUT2D eigenvalue weighted by atomic mass is 10.1. The number of carbonyl (C=O) groups is 1. The summed E-state index contributed by atoms with van der Waals surface area (Å²) in [6.45, 7) is 0. The Labute approximate surface area is 152 Å². The zero-order chi connectivity index (χ0) is 18.0. The van der Waals surface area contributed by atoms with Gasteiger partial charge in [0.05, 0.1) is 11.1 Å². The van der Waals surface area contributed by atoms with Crippen molar-refractivity contribution in [1.29, 1.82) is 0 Å². The molecule has 2 N–H and O–H groups in total. The molecule has 1 saturated heterocycles. The lowest BCUT2D eigenvalue weighted by Gasteiger charge is -2.06. The van der Waals surface area contributed by atoms with Crippen molar-refractivity contribution in [3.8, 4) is 11.5 Å². The van der Waals surface area contributed by atoms with Gasteiger partial charge in [-0.2, -0.15) is 10.1 Å². The molecule has 0 atom stereocenters. The summed E-state index contributed by atoms with van der Waals surface area (Å²) in [6.07, 6.45) is 2.88. The molecule has 0 radical (unpaired) electrons. The molecule has 1 aliphatic rings. The molecule has 0 unspecified atom stereocenters. The summed E-state index contributed by atoms with van der Waals surface area (Å²) >= 11 is 6.20. The second-order valence-electron chi connectivity index (χ2n) is 5.03. The molecule has 3 rings (SSSR count). The van der Waals surface area contributed by atoms with Crippen molar-refractivity contribution in [3.05, 3.63) is 64.3 Å². The van der Waals surface area contributed by atoms with Crippen molar-refractivity contribution in [1.82, 2.24) is 5.01 Å². The average molecular weight is 374 g/mol. The highest BCUT2D eigenvalue weighted by Gasteiger charge is 2.32.